The molecule has 6 heteroatoms. The Morgan fingerprint density at radius 3 is 2.39 bits per heavy atom. The lowest BCUT2D eigenvalue weighted by atomic mass is 10.0. The highest BCUT2D eigenvalue weighted by Crippen LogP contribution is 2.24. The minimum atomic E-state index is -1.29. The highest BCUT2D eigenvalue weighted by Gasteiger charge is 2.17. The second-order valence-electron chi connectivity index (χ2n) is 8.65. The van der Waals surface area contributed by atoms with Crippen molar-refractivity contribution in [1.82, 2.24) is 15.3 Å². The van der Waals surface area contributed by atoms with Gasteiger partial charge in [0, 0.05) is 23.7 Å². The van der Waals surface area contributed by atoms with Crippen LogP contribution in [0.1, 0.15) is 22.8 Å². The third-order valence-electron chi connectivity index (χ3n) is 6.15. The smallest absolute Gasteiger partial charge is 0.253 e. The highest BCUT2D eigenvalue weighted by molar-refractivity contribution is 5.82. The quantitative estimate of drug-likeness (QED) is 0.326. The predicted octanol–water partition coefficient (Wildman–Crippen LogP) is 5.76. The van der Waals surface area contributed by atoms with E-state index >= 15 is 0 Å². The molecule has 5 rings (SSSR count). The first-order chi connectivity index (χ1) is 17.5. The van der Waals surface area contributed by atoms with Crippen LogP contribution in [0.5, 0.6) is 0 Å². The third-order valence-corrected chi connectivity index (χ3v) is 6.15. The standard InChI is InChI=1S/C30H24FN3O2/c1-19-17-25(12-14-26(19)31)21-6-4-20(5-7-21)18-33-30(36)28(35)23-10-8-22(9-11-23)27-15-13-24-3-2-16-32-29(24)34-27/h2-17,28,35H,18H2,1H3,(H,33,36). The van der Waals surface area contributed by atoms with Crippen LogP contribution in [0.3, 0.4) is 0 Å². The second kappa shape index (κ2) is 10.1. The number of carbonyl (C=O) groups excluding carboxylic acids is 1. The largest absolute Gasteiger partial charge is 0.378 e. The lowest BCUT2D eigenvalue weighted by Crippen LogP contribution is -2.28. The van der Waals surface area contributed by atoms with Crippen molar-refractivity contribution >= 4 is 16.9 Å². The van der Waals surface area contributed by atoms with Gasteiger partial charge in [0.05, 0.1) is 5.69 Å². The molecule has 1 atom stereocenters. The number of rotatable bonds is 6. The SMILES string of the molecule is Cc1cc(-c2ccc(CNC(=O)C(O)c3ccc(-c4ccc5cccnc5n4)cc3)cc2)ccc1F. The Morgan fingerprint density at radius 2 is 1.64 bits per heavy atom. The molecule has 1 unspecified atom stereocenters. The van der Waals surface area contributed by atoms with E-state index in [4.69, 9.17) is 0 Å². The zero-order chi connectivity index (χ0) is 25.1. The van der Waals surface area contributed by atoms with Crippen molar-refractivity contribution in [3.63, 3.8) is 0 Å². The summed E-state index contributed by atoms with van der Waals surface area (Å²) in [5.74, 6) is -0.706. The van der Waals surface area contributed by atoms with E-state index in [1.54, 1.807) is 37.4 Å². The molecule has 5 nitrogen and oxygen atoms in total. The van der Waals surface area contributed by atoms with E-state index in [1.807, 2.05) is 60.7 Å². The number of pyridine rings is 2. The fourth-order valence-electron chi connectivity index (χ4n) is 4.03. The van der Waals surface area contributed by atoms with Gasteiger partial charge >= 0.3 is 0 Å². The van der Waals surface area contributed by atoms with Crippen LogP contribution in [0.25, 0.3) is 33.4 Å². The number of aliphatic hydroxyl groups excluding tert-OH is 1. The van der Waals surface area contributed by atoms with Crippen molar-refractivity contribution in [2.24, 2.45) is 0 Å². The van der Waals surface area contributed by atoms with Crippen LogP contribution >= 0.6 is 0 Å². The van der Waals surface area contributed by atoms with Gasteiger partial charge < -0.3 is 10.4 Å². The number of hydrogen-bond donors (Lipinski definition) is 2. The number of nitrogens with zero attached hydrogens (tertiary/aromatic N) is 2. The molecular formula is C30H24FN3O2. The molecule has 0 aliphatic carbocycles. The second-order valence-corrected chi connectivity index (χ2v) is 8.65. The maximum Gasteiger partial charge on any atom is 0.253 e. The molecule has 0 saturated heterocycles. The molecule has 1 amide bonds. The monoisotopic (exact) mass is 477 g/mol. The number of halogens is 1. The minimum absolute atomic E-state index is 0.228. The molecule has 2 N–H and O–H groups in total. The predicted molar refractivity (Wildman–Crippen MR) is 138 cm³/mol. The first-order valence-electron chi connectivity index (χ1n) is 11.6. The number of aliphatic hydroxyl groups is 1. The van der Waals surface area contributed by atoms with Gasteiger partial charge in [0.15, 0.2) is 11.8 Å². The Kier molecular flexibility index (Phi) is 6.52. The topological polar surface area (TPSA) is 75.1 Å². The molecule has 0 aliphatic heterocycles. The molecule has 0 radical (unpaired) electrons. The van der Waals surface area contributed by atoms with Crippen LogP contribution in [0.2, 0.25) is 0 Å². The summed E-state index contributed by atoms with van der Waals surface area (Å²) < 4.78 is 13.5. The molecular weight excluding hydrogens is 453 g/mol. The number of aromatic nitrogens is 2. The first-order valence-corrected chi connectivity index (χ1v) is 11.6. The molecule has 0 saturated carbocycles. The Morgan fingerprint density at radius 1 is 0.917 bits per heavy atom. The summed E-state index contributed by atoms with van der Waals surface area (Å²) in [4.78, 5) is 21.4. The number of benzene rings is 3. The van der Waals surface area contributed by atoms with Crippen molar-refractivity contribution in [3.8, 4) is 22.4 Å². The van der Waals surface area contributed by atoms with Crippen LogP contribution in [0.4, 0.5) is 4.39 Å². The van der Waals surface area contributed by atoms with E-state index in [0.717, 1.165) is 33.3 Å². The third kappa shape index (κ3) is 4.99. The summed E-state index contributed by atoms with van der Waals surface area (Å²) in [6.45, 7) is 2.02. The van der Waals surface area contributed by atoms with Gasteiger partial charge in [-0.2, -0.15) is 0 Å². The lowest BCUT2D eigenvalue weighted by molar-refractivity contribution is -0.129. The Balaban J connectivity index is 1.21. The fraction of sp³-hybridized carbons (Fsp3) is 0.100. The number of carbonyl (C=O) groups is 1. The fourth-order valence-corrected chi connectivity index (χ4v) is 4.03. The van der Waals surface area contributed by atoms with Crippen molar-refractivity contribution in [1.29, 1.82) is 0 Å². The van der Waals surface area contributed by atoms with Crippen LogP contribution < -0.4 is 5.32 Å². The minimum Gasteiger partial charge on any atom is -0.378 e. The summed E-state index contributed by atoms with van der Waals surface area (Å²) in [5, 5.41) is 14.3. The van der Waals surface area contributed by atoms with E-state index in [0.29, 0.717) is 16.8 Å². The van der Waals surface area contributed by atoms with E-state index in [9.17, 15) is 14.3 Å². The number of aryl methyl sites for hydroxylation is 1. The van der Waals surface area contributed by atoms with Gasteiger partial charge in [0.1, 0.15) is 5.82 Å². The number of amides is 1. The van der Waals surface area contributed by atoms with E-state index < -0.39 is 12.0 Å². The number of hydrogen-bond acceptors (Lipinski definition) is 4. The van der Waals surface area contributed by atoms with E-state index in [-0.39, 0.29) is 12.4 Å². The molecule has 0 bridgehead atoms. The highest BCUT2D eigenvalue weighted by atomic mass is 19.1. The van der Waals surface area contributed by atoms with Crippen LogP contribution in [0.15, 0.2) is 97.2 Å². The summed E-state index contributed by atoms with van der Waals surface area (Å²) in [7, 11) is 0. The Bertz CT molecular complexity index is 1530. The van der Waals surface area contributed by atoms with Gasteiger partial charge in [0.2, 0.25) is 0 Å². The maximum atomic E-state index is 13.5. The molecule has 178 valence electrons. The van der Waals surface area contributed by atoms with Gasteiger partial charge in [-0.05, 0) is 71.1 Å². The molecule has 36 heavy (non-hydrogen) atoms. The van der Waals surface area contributed by atoms with E-state index in [1.165, 1.54) is 6.07 Å². The Hall–Kier alpha value is -4.42. The van der Waals surface area contributed by atoms with Gasteiger partial charge in [-0.15, -0.1) is 0 Å². The first kappa shape index (κ1) is 23.3. The summed E-state index contributed by atoms with van der Waals surface area (Å²) in [6, 6.07) is 27.5. The molecule has 5 aromatic rings. The van der Waals surface area contributed by atoms with Crippen LogP contribution in [-0.4, -0.2) is 21.0 Å². The summed E-state index contributed by atoms with van der Waals surface area (Å²) in [6.07, 6.45) is 0.421. The van der Waals surface area contributed by atoms with Crippen LogP contribution in [0, 0.1) is 12.7 Å². The van der Waals surface area contributed by atoms with E-state index in [2.05, 4.69) is 15.3 Å². The molecule has 0 spiro atoms. The summed E-state index contributed by atoms with van der Waals surface area (Å²) >= 11 is 0. The van der Waals surface area contributed by atoms with Gasteiger partial charge in [-0.25, -0.2) is 14.4 Å². The zero-order valence-electron chi connectivity index (χ0n) is 19.6. The van der Waals surface area contributed by atoms with Crippen molar-refractivity contribution < 1.29 is 14.3 Å². The van der Waals surface area contributed by atoms with Gasteiger partial charge in [-0.3, -0.25) is 4.79 Å². The van der Waals surface area contributed by atoms with Crippen molar-refractivity contribution in [3.05, 3.63) is 120 Å². The number of fused-ring (bicyclic) bond motifs is 1. The van der Waals surface area contributed by atoms with Gasteiger partial charge in [0.25, 0.3) is 5.91 Å². The molecule has 3 aromatic carbocycles. The molecule has 2 heterocycles. The average molecular weight is 478 g/mol. The summed E-state index contributed by atoms with van der Waals surface area (Å²) in [5.41, 5.74) is 6.18. The van der Waals surface area contributed by atoms with Crippen LogP contribution in [-0.2, 0) is 11.3 Å². The molecule has 0 aliphatic rings. The lowest BCUT2D eigenvalue weighted by Gasteiger charge is -2.13. The molecule has 0 fully saturated rings. The average Bonchev–Trinajstić information content (AvgIpc) is 2.93. The molecule has 2 aromatic heterocycles. The number of nitrogens with one attached hydrogen (secondary N) is 1. The normalized spacial score (nSPS) is 11.9. The Labute approximate surface area is 208 Å². The zero-order valence-corrected chi connectivity index (χ0v) is 19.6. The van der Waals surface area contributed by atoms with Gasteiger partial charge in [-0.1, -0.05) is 54.6 Å². The maximum absolute atomic E-state index is 13.5. The van der Waals surface area contributed by atoms with Crippen molar-refractivity contribution in [2.75, 3.05) is 0 Å². The van der Waals surface area contributed by atoms with Crippen molar-refractivity contribution in [2.45, 2.75) is 19.6 Å².